The second kappa shape index (κ2) is 6.41. The van der Waals surface area contributed by atoms with E-state index in [1.807, 2.05) is 0 Å². The molecule has 0 aromatic carbocycles. The maximum absolute atomic E-state index is 11.4. The molecule has 0 amide bonds. The summed E-state index contributed by atoms with van der Waals surface area (Å²) in [6.07, 6.45) is 5.16. The van der Waals surface area contributed by atoms with Crippen LogP contribution in [0.15, 0.2) is 34.2 Å². The molecule has 1 aliphatic rings. The molecule has 4 aromatic heterocycles. The van der Waals surface area contributed by atoms with E-state index in [-0.39, 0.29) is 22.5 Å². The number of nitrogens with zero attached hydrogens (tertiary/aromatic N) is 4. The Kier molecular flexibility index (Phi) is 3.84. The number of hydrogen-bond donors (Lipinski definition) is 4. The zero-order valence-electron chi connectivity index (χ0n) is 14.8. The molecule has 0 radical (unpaired) electrons. The van der Waals surface area contributed by atoms with Crippen LogP contribution < -0.4 is 16.4 Å². The molecule has 0 bridgehead atoms. The van der Waals surface area contributed by atoms with Gasteiger partial charge in [0, 0.05) is 11.3 Å². The van der Waals surface area contributed by atoms with Crippen LogP contribution in [-0.2, 0) is 0 Å². The molecule has 10 nitrogen and oxygen atoms in total. The number of carbonyl (C=O) groups is 1. The predicted molar refractivity (Wildman–Crippen MR) is 104 cm³/mol. The summed E-state index contributed by atoms with van der Waals surface area (Å²) in [6, 6.07) is 5.28. The van der Waals surface area contributed by atoms with Crippen molar-refractivity contribution in [3.05, 3.63) is 56.2 Å². The van der Waals surface area contributed by atoms with E-state index in [4.69, 9.17) is 4.99 Å². The molecular formula is C18H14N6O4S. The largest absolute Gasteiger partial charge is 0.493 e. The number of aromatic nitrogens is 5. The van der Waals surface area contributed by atoms with E-state index < -0.39 is 11.7 Å². The second-order valence-corrected chi connectivity index (χ2v) is 7.73. The Balaban J connectivity index is 1.75. The Hall–Kier alpha value is -3.73. The van der Waals surface area contributed by atoms with Crippen LogP contribution in [0.25, 0.3) is 22.3 Å². The van der Waals surface area contributed by atoms with Gasteiger partial charge in [-0.05, 0) is 31.1 Å². The van der Waals surface area contributed by atoms with Gasteiger partial charge in [-0.25, -0.2) is 14.6 Å². The molecule has 0 atom stereocenters. The highest BCUT2D eigenvalue weighted by atomic mass is 32.1. The summed E-state index contributed by atoms with van der Waals surface area (Å²) >= 11 is 1.13. The lowest BCUT2D eigenvalue weighted by atomic mass is 10.3. The van der Waals surface area contributed by atoms with E-state index in [0.29, 0.717) is 26.9 Å². The van der Waals surface area contributed by atoms with Crippen LogP contribution in [0.2, 0.25) is 0 Å². The van der Waals surface area contributed by atoms with Gasteiger partial charge < -0.3 is 15.2 Å². The molecule has 1 saturated carbocycles. The van der Waals surface area contributed by atoms with Gasteiger partial charge in [0.1, 0.15) is 10.6 Å². The molecule has 0 spiro atoms. The number of H-pyrrole nitrogens is 2. The molecule has 146 valence electrons. The van der Waals surface area contributed by atoms with Gasteiger partial charge in [0.2, 0.25) is 5.88 Å². The van der Waals surface area contributed by atoms with Crippen LogP contribution in [0.3, 0.4) is 0 Å². The third kappa shape index (κ3) is 3.21. The van der Waals surface area contributed by atoms with Gasteiger partial charge in [0.25, 0.3) is 0 Å². The molecule has 0 unspecified atom stereocenters. The van der Waals surface area contributed by atoms with Crippen LogP contribution in [0, 0.1) is 0 Å². The van der Waals surface area contributed by atoms with Gasteiger partial charge in [-0.3, -0.25) is 9.98 Å². The van der Waals surface area contributed by atoms with Crippen molar-refractivity contribution in [1.29, 1.82) is 0 Å². The summed E-state index contributed by atoms with van der Waals surface area (Å²) in [5.74, 6) is -1.27. The van der Waals surface area contributed by atoms with Gasteiger partial charge in [0.05, 0.1) is 22.8 Å². The lowest BCUT2D eigenvalue weighted by molar-refractivity contribution is 0.0702. The lowest BCUT2D eigenvalue weighted by Crippen LogP contribution is -2.19. The molecule has 1 fully saturated rings. The first kappa shape index (κ1) is 17.4. The smallest absolute Gasteiger partial charge is 0.345 e. The first-order valence-corrected chi connectivity index (χ1v) is 9.59. The third-order valence-corrected chi connectivity index (χ3v) is 5.54. The van der Waals surface area contributed by atoms with E-state index in [2.05, 4.69) is 20.1 Å². The van der Waals surface area contributed by atoms with Gasteiger partial charge in [-0.15, -0.1) is 11.3 Å². The number of aromatic hydroxyl groups is 1. The van der Waals surface area contributed by atoms with Crippen LogP contribution in [-0.4, -0.2) is 46.8 Å². The number of imidazole rings is 1. The monoisotopic (exact) mass is 410 g/mol. The number of carboxylic acids is 1. The Bertz CT molecular complexity index is 1440. The number of fused-ring (bicyclic) bond motifs is 1. The SMILES string of the molecule is O=C(O)c1ccc(-c2cc(=NC3CC3)n3nc/c(=C/c4[nH]c(=O)[nH]c4O)c3n2)s1. The predicted octanol–water partition coefficient (Wildman–Crippen LogP) is 0.489. The number of thiophene rings is 1. The van der Waals surface area contributed by atoms with E-state index in [0.717, 1.165) is 24.2 Å². The first-order valence-electron chi connectivity index (χ1n) is 8.77. The average Bonchev–Trinajstić information content (AvgIpc) is 3.08. The number of aromatic amines is 2. The average molecular weight is 410 g/mol. The molecule has 11 heteroatoms. The second-order valence-electron chi connectivity index (χ2n) is 6.65. The molecule has 1 aliphatic carbocycles. The Morgan fingerprint density at radius 1 is 1.34 bits per heavy atom. The Labute approximate surface area is 165 Å². The highest BCUT2D eigenvalue weighted by Gasteiger charge is 2.20. The number of rotatable bonds is 4. The summed E-state index contributed by atoms with van der Waals surface area (Å²) in [5, 5.41) is 24.0. The Morgan fingerprint density at radius 3 is 2.83 bits per heavy atom. The van der Waals surface area contributed by atoms with E-state index >= 15 is 0 Å². The van der Waals surface area contributed by atoms with Gasteiger partial charge in [-0.1, -0.05) is 0 Å². The lowest BCUT2D eigenvalue weighted by Gasteiger charge is -2.00. The molecular weight excluding hydrogens is 396 g/mol. The summed E-state index contributed by atoms with van der Waals surface area (Å²) in [5.41, 5.74) is 1.36. The summed E-state index contributed by atoms with van der Waals surface area (Å²) in [6.45, 7) is 0. The maximum atomic E-state index is 11.4. The summed E-state index contributed by atoms with van der Waals surface area (Å²) in [4.78, 5) is 37.6. The fourth-order valence-corrected chi connectivity index (χ4v) is 3.72. The fraction of sp³-hybridized carbons (Fsp3) is 0.167. The van der Waals surface area contributed by atoms with Gasteiger partial charge in [0.15, 0.2) is 11.1 Å². The minimum Gasteiger partial charge on any atom is -0.493 e. The first-order chi connectivity index (χ1) is 14.0. The minimum atomic E-state index is -0.990. The van der Waals surface area contributed by atoms with Crippen LogP contribution >= 0.6 is 11.3 Å². The zero-order valence-corrected chi connectivity index (χ0v) is 15.6. The third-order valence-electron chi connectivity index (χ3n) is 4.45. The zero-order chi connectivity index (χ0) is 20.1. The maximum Gasteiger partial charge on any atom is 0.345 e. The minimum absolute atomic E-state index is 0.210. The number of hydrogen-bond acceptors (Lipinski definition) is 7. The Morgan fingerprint density at radius 2 is 2.17 bits per heavy atom. The van der Waals surface area contributed by atoms with Crippen molar-refractivity contribution in [2.75, 3.05) is 0 Å². The topological polar surface area (TPSA) is 149 Å². The molecule has 0 aliphatic heterocycles. The van der Waals surface area contributed by atoms with E-state index in [1.165, 1.54) is 6.07 Å². The summed E-state index contributed by atoms with van der Waals surface area (Å²) in [7, 11) is 0. The highest BCUT2D eigenvalue weighted by molar-refractivity contribution is 7.17. The number of aromatic carboxylic acids is 1. The molecule has 5 rings (SSSR count). The normalized spacial score (nSPS) is 15.4. The molecule has 0 saturated heterocycles. The van der Waals surface area contributed by atoms with Crippen molar-refractivity contribution in [2.45, 2.75) is 18.9 Å². The van der Waals surface area contributed by atoms with E-state index in [9.17, 15) is 19.8 Å². The van der Waals surface area contributed by atoms with Crippen LogP contribution in [0.4, 0.5) is 0 Å². The molecule has 4 N–H and O–H groups in total. The van der Waals surface area contributed by atoms with Crippen molar-refractivity contribution in [3.63, 3.8) is 0 Å². The van der Waals surface area contributed by atoms with Gasteiger partial charge >= 0.3 is 11.7 Å². The van der Waals surface area contributed by atoms with Crippen molar-refractivity contribution < 1.29 is 15.0 Å². The molecule has 4 heterocycles. The van der Waals surface area contributed by atoms with E-state index in [1.54, 1.807) is 28.9 Å². The quantitative estimate of drug-likeness (QED) is 0.385. The van der Waals surface area contributed by atoms with Crippen LogP contribution in [0.1, 0.15) is 28.2 Å². The number of nitrogens with one attached hydrogen (secondary N) is 2. The van der Waals surface area contributed by atoms with Crippen molar-refractivity contribution in [2.24, 2.45) is 4.99 Å². The van der Waals surface area contributed by atoms with Crippen LogP contribution in [0.5, 0.6) is 5.88 Å². The fourth-order valence-electron chi connectivity index (χ4n) is 2.91. The molecule has 29 heavy (non-hydrogen) atoms. The van der Waals surface area contributed by atoms with Crippen molar-refractivity contribution in [3.8, 4) is 16.5 Å². The number of carboxylic acid groups (broad SMARTS) is 1. The van der Waals surface area contributed by atoms with Crippen molar-refractivity contribution >= 4 is 29.0 Å². The highest BCUT2D eigenvalue weighted by Crippen LogP contribution is 2.26. The van der Waals surface area contributed by atoms with Crippen molar-refractivity contribution in [1.82, 2.24) is 24.6 Å². The standard InChI is InChI=1S/C18H14N6O4S/c25-16-11(22-18(28)23-16)5-8-7-19-24-14(20-9-1-2-9)6-10(21-15(8)24)12-3-4-13(29-12)17(26)27/h3-7,9,25H,1-2H2,(H,26,27)(H2,22,23,28)/b8-5-,20-14?. The van der Waals surface area contributed by atoms with Gasteiger partial charge in [-0.2, -0.15) is 9.61 Å². The summed E-state index contributed by atoms with van der Waals surface area (Å²) < 4.78 is 1.60. The molecule has 4 aromatic rings.